The van der Waals surface area contributed by atoms with E-state index in [1.165, 1.54) is 42.1 Å². The summed E-state index contributed by atoms with van der Waals surface area (Å²) in [4.78, 5) is 49.2. The molecule has 0 aromatic heterocycles. The fourth-order valence-electron chi connectivity index (χ4n) is 3.21. The van der Waals surface area contributed by atoms with Gasteiger partial charge in [0.15, 0.2) is 12.4 Å². The van der Waals surface area contributed by atoms with Crippen molar-refractivity contribution in [3.63, 3.8) is 0 Å². The molecule has 0 saturated carbocycles. The Bertz CT molecular complexity index is 1290. The lowest BCUT2D eigenvalue weighted by Crippen LogP contribution is -2.22. The molecule has 0 bridgehead atoms. The van der Waals surface area contributed by atoms with Gasteiger partial charge in [0.05, 0.1) is 15.4 Å². The Morgan fingerprint density at radius 1 is 0.971 bits per heavy atom. The molecular weight excluding hydrogens is 456 g/mol. The smallest absolute Gasteiger partial charge is 0.339 e. The summed E-state index contributed by atoms with van der Waals surface area (Å²) < 4.78 is 5.13. The number of carbonyl (C=O) groups excluding carboxylic acids is 3. The minimum Gasteiger partial charge on any atom is -0.452 e. The maximum atomic E-state index is 13.1. The van der Waals surface area contributed by atoms with Gasteiger partial charge >= 0.3 is 5.97 Å². The Morgan fingerprint density at radius 3 is 2.32 bits per heavy atom. The molecule has 34 heavy (non-hydrogen) atoms. The van der Waals surface area contributed by atoms with Crippen LogP contribution in [0, 0.1) is 24.0 Å². The summed E-state index contributed by atoms with van der Waals surface area (Å²) in [7, 11) is 0. The number of amides is 1. The van der Waals surface area contributed by atoms with Crippen LogP contribution in [-0.4, -0.2) is 35.4 Å². The number of carbonyl (C=O) groups is 3. The van der Waals surface area contributed by atoms with Gasteiger partial charge in [0, 0.05) is 22.9 Å². The quantitative estimate of drug-likeness (QED) is 0.160. The van der Waals surface area contributed by atoms with Crippen LogP contribution >= 0.6 is 11.8 Å². The fourth-order valence-corrected chi connectivity index (χ4v) is 3.76. The molecule has 1 N–H and O–H groups in total. The van der Waals surface area contributed by atoms with Gasteiger partial charge in [-0.15, -0.1) is 11.8 Å². The van der Waals surface area contributed by atoms with Crippen molar-refractivity contribution >= 4 is 40.8 Å². The highest BCUT2D eigenvalue weighted by molar-refractivity contribution is 7.98. The van der Waals surface area contributed by atoms with Crippen LogP contribution in [0.3, 0.4) is 0 Å². The van der Waals surface area contributed by atoms with Crippen LogP contribution in [-0.2, 0) is 9.53 Å². The number of hydrogen-bond acceptors (Lipinski definition) is 7. The normalized spacial score (nSPS) is 10.4. The van der Waals surface area contributed by atoms with E-state index < -0.39 is 29.2 Å². The van der Waals surface area contributed by atoms with Crippen LogP contribution in [0.2, 0.25) is 0 Å². The minimum atomic E-state index is -0.852. The lowest BCUT2D eigenvalue weighted by Gasteiger charge is -2.11. The maximum absolute atomic E-state index is 13.1. The molecule has 9 heteroatoms. The van der Waals surface area contributed by atoms with Crippen LogP contribution < -0.4 is 5.32 Å². The molecule has 0 aliphatic carbocycles. The van der Waals surface area contributed by atoms with Crippen molar-refractivity contribution < 1.29 is 24.0 Å². The number of nitro benzene ring substituents is 1. The molecule has 174 valence electrons. The van der Waals surface area contributed by atoms with Crippen LogP contribution in [0.1, 0.15) is 37.4 Å². The third kappa shape index (κ3) is 5.68. The number of benzene rings is 3. The number of nitro groups is 1. The summed E-state index contributed by atoms with van der Waals surface area (Å²) in [5, 5.41) is 14.0. The first-order valence-corrected chi connectivity index (χ1v) is 11.4. The van der Waals surface area contributed by atoms with Crippen molar-refractivity contribution in [2.24, 2.45) is 0 Å². The van der Waals surface area contributed by atoms with Crippen molar-refractivity contribution in [3.05, 3.63) is 98.6 Å². The number of thioether (sulfide) groups is 1. The Morgan fingerprint density at radius 2 is 1.68 bits per heavy atom. The van der Waals surface area contributed by atoms with E-state index in [9.17, 15) is 24.5 Å². The van der Waals surface area contributed by atoms with E-state index in [0.29, 0.717) is 10.6 Å². The zero-order valence-corrected chi connectivity index (χ0v) is 19.6. The van der Waals surface area contributed by atoms with E-state index in [-0.39, 0.29) is 22.4 Å². The maximum Gasteiger partial charge on any atom is 0.339 e. The molecule has 0 radical (unpaired) electrons. The van der Waals surface area contributed by atoms with Crippen LogP contribution in [0.4, 0.5) is 11.4 Å². The van der Waals surface area contributed by atoms with Gasteiger partial charge < -0.3 is 10.1 Å². The standard InChI is InChI=1S/C25H22N2O6S/c1-15-8-10-18(12-16(15)2)26-23(28)14-33-25(30)20-7-5-4-6-19(20)24(29)17-9-11-22(34-3)21(13-17)27(31)32/h4-13H,14H2,1-3H3,(H,26,28). The van der Waals surface area contributed by atoms with Gasteiger partial charge in [-0.05, 0) is 61.6 Å². The second-order valence-corrected chi connectivity index (χ2v) is 8.29. The summed E-state index contributed by atoms with van der Waals surface area (Å²) in [6.45, 7) is 3.33. The molecule has 0 unspecified atom stereocenters. The fraction of sp³-hybridized carbons (Fsp3) is 0.160. The molecule has 0 heterocycles. The van der Waals surface area contributed by atoms with E-state index in [1.54, 1.807) is 24.5 Å². The third-order valence-corrected chi connectivity index (χ3v) is 5.94. The van der Waals surface area contributed by atoms with Crippen molar-refractivity contribution in [2.75, 3.05) is 18.2 Å². The van der Waals surface area contributed by atoms with Crippen LogP contribution in [0.15, 0.2) is 65.6 Å². The largest absolute Gasteiger partial charge is 0.452 e. The average Bonchev–Trinajstić information content (AvgIpc) is 2.83. The van der Waals surface area contributed by atoms with E-state index in [1.807, 2.05) is 26.0 Å². The van der Waals surface area contributed by atoms with E-state index in [4.69, 9.17) is 4.74 Å². The average molecular weight is 479 g/mol. The highest BCUT2D eigenvalue weighted by Crippen LogP contribution is 2.29. The molecule has 0 atom stereocenters. The molecular formula is C25H22N2O6S. The second kappa shape index (κ2) is 10.8. The number of nitrogens with one attached hydrogen (secondary N) is 1. The molecule has 3 rings (SSSR count). The lowest BCUT2D eigenvalue weighted by molar-refractivity contribution is -0.387. The molecule has 0 fully saturated rings. The van der Waals surface area contributed by atoms with Crippen molar-refractivity contribution in [2.45, 2.75) is 18.7 Å². The Balaban J connectivity index is 1.75. The van der Waals surface area contributed by atoms with E-state index in [0.717, 1.165) is 11.1 Å². The monoisotopic (exact) mass is 478 g/mol. The molecule has 0 aliphatic rings. The molecule has 0 spiro atoms. The number of ketones is 1. The molecule has 0 aliphatic heterocycles. The molecule has 1 amide bonds. The summed E-state index contributed by atoms with van der Waals surface area (Å²) in [6.07, 6.45) is 1.70. The van der Waals surface area contributed by atoms with Crippen molar-refractivity contribution in [3.8, 4) is 0 Å². The van der Waals surface area contributed by atoms with Gasteiger partial charge in [-0.25, -0.2) is 4.79 Å². The summed E-state index contributed by atoms with van der Waals surface area (Å²) >= 11 is 1.19. The predicted octanol–water partition coefficient (Wildman–Crippen LogP) is 4.96. The summed E-state index contributed by atoms with van der Waals surface area (Å²) in [6, 6.07) is 15.5. The SMILES string of the molecule is CSc1ccc(C(=O)c2ccccc2C(=O)OCC(=O)Nc2ccc(C)c(C)c2)cc1[N+](=O)[O-]. The van der Waals surface area contributed by atoms with Gasteiger partial charge in [0.2, 0.25) is 0 Å². The van der Waals surface area contributed by atoms with Gasteiger partial charge in [-0.1, -0.05) is 24.3 Å². The van der Waals surface area contributed by atoms with Crippen molar-refractivity contribution in [1.29, 1.82) is 0 Å². The van der Waals surface area contributed by atoms with Gasteiger partial charge in [0.1, 0.15) is 0 Å². The highest BCUT2D eigenvalue weighted by Gasteiger charge is 2.23. The number of nitrogens with zero attached hydrogens (tertiary/aromatic N) is 1. The molecule has 3 aromatic carbocycles. The minimum absolute atomic E-state index is 0.0215. The first kappa shape index (κ1) is 24.7. The van der Waals surface area contributed by atoms with Crippen LogP contribution in [0.5, 0.6) is 0 Å². The van der Waals surface area contributed by atoms with Crippen molar-refractivity contribution in [1.82, 2.24) is 0 Å². The number of anilines is 1. The Hall–Kier alpha value is -3.98. The number of ether oxygens (including phenoxy) is 1. The second-order valence-electron chi connectivity index (χ2n) is 7.44. The predicted molar refractivity (Wildman–Crippen MR) is 130 cm³/mol. The highest BCUT2D eigenvalue weighted by atomic mass is 32.2. The number of hydrogen-bond donors (Lipinski definition) is 1. The molecule has 0 saturated heterocycles. The molecule has 3 aromatic rings. The topological polar surface area (TPSA) is 116 Å². The van der Waals surface area contributed by atoms with Gasteiger partial charge in [-0.2, -0.15) is 0 Å². The summed E-state index contributed by atoms with van der Waals surface area (Å²) in [5.41, 5.74) is 2.53. The number of rotatable bonds is 8. The Labute approximate surface area is 200 Å². The number of aryl methyl sites for hydroxylation is 2. The zero-order valence-electron chi connectivity index (χ0n) is 18.8. The van der Waals surface area contributed by atoms with Gasteiger partial charge in [-0.3, -0.25) is 19.7 Å². The molecule has 8 nitrogen and oxygen atoms in total. The lowest BCUT2D eigenvalue weighted by atomic mass is 9.98. The zero-order chi connectivity index (χ0) is 24.8. The Kier molecular flexibility index (Phi) is 7.80. The van der Waals surface area contributed by atoms with E-state index >= 15 is 0 Å². The summed E-state index contributed by atoms with van der Waals surface area (Å²) in [5.74, 6) is -1.94. The first-order valence-electron chi connectivity index (χ1n) is 10.2. The van der Waals surface area contributed by atoms with E-state index in [2.05, 4.69) is 5.32 Å². The van der Waals surface area contributed by atoms with Gasteiger partial charge in [0.25, 0.3) is 11.6 Å². The van der Waals surface area contributed by atoms with Crippen LogP contribution in [0.25, 0.3) is 0 Å². The number of esters is 1. The third-order valence-electron chi connectivity index (χ3n) is 5.15. The first-order chi connectivity index (χ1) is 16.2.